The second-order valence-corrected chi connectivity index (χ2v) is 8.13. The maximum atomic E-state index is 13.5. The number of hydrogen-bond donors (Lipinski definition) is 0. The molecule has 1 amide bonds. The highest BCUT2D eigenvalue weighted by molar-refractivity contribution is 6.31. The normalized spacial score (nSPS) is 23.8. The van der Waals surface area contributed by atoms with E-state index in [4.69, 9.17) is 11.6 Å². The molecule has 4 rings (SSSR count). The standard InChI is InChI=1S/C19H18ClF5N4O2/c20-12-6-10(4-5-11(12)19(23,24)25)7-28-18(31)29-15(2-1-3-16(29)26-28)17(30)27-8-13(21)14(22)9-27/h4-6,13-15H,1-3,7-9H2/t13-,14+,15-/m0/s1. The van der Waals surface area contributed by atoms with Gasteiger partial charge in [-0.05, 0) is 30.5 Å². The molecule has 0 unspecified atom stereocenters. The Morgan fingerprint density at radius 3 is 2.48 bits per heavy atom. The predicted molar refractivity (Wildman–Crippen MR) is 100 cm³/mol. The van der Waals surface area contributed by atoms with Gasteiger partial charge >= 0.3 is 11.9 Å². The lowest BCUT2D eigenvalue weighted by atomic mass is 10.0. The molecule has 0 radical (unpaired) electrons. The number of alkyl halides is 5. The van der Waals surface area contributed by atoms with Gasteiger partial charge in [0.15, 0.2) is 12.3 Å². The molecule has 1 fully saturated rings. The summed E-state index contributed by atoms with van der Waals surface area (Å²) in [4.78, 5) is 26.8. The number of likely N-dealkylation sites (tertiary alicyclic amines) is 1. The molecule has 1 aromatic heterocycles. The van der Waals surface area contributed by atoms with E-state index in [1.54, 1.807) is 0 Å². The summed E-state index contributed by atoms with van der Waals surface area (Å²) in [6.07, 6.45) is -6.79. The van der Waals surface area contributed by atoms with Gasteiger partial charge in [-0.15, -0.1) is 0 Å². The molecule has 0 saturated carbocycles. The topological polar surface area (TPSA) is 60.1 Å². The summed E-state index contributed by atoms with van der Waals surface area (Å²) in [7, 11) is 0. The number of benzene rings is 1. The number of carbonyl (C=O) groups is 1. The Bertz CT molecular complexity index is 1060. The highest BCUT2D eigenvalue weighted by atomic mass is 35.5. The van der Waals surface area contributed by atoms with Crippen LogP contribution in [0.3, 0.4) is 0 Å². The third-order valence-electron chi connectivity index (χ3n) is 5.58. The number of aromatic nitrogens is 3. The van der Waals surface area contributed by atoms with Crippen LogP contribution in [-0.2, 0) is 23.9 Å². The minimum absolute atomic E-state index is 0.138. The van der Waals surface area contributed by atoms with Crippen LogP contribution in [0.4, 0.5) is 22.0 Å². The fourth-order valence-electron chi connectivity index (χ4n) is 4.04. The summed E-state index contributed by atoms with van der Waals surface area (Å²) in [5, 5.41) is 3.72. The van der Waals surface area contributed by atoms with Crippen LogP contribution in [0.5, 0.6) is 0 Å². The van der Waals surface area contributed by atoms with Gasteiger partial charge in [-0.2, -0.15) is 18.3 Å². The molecule has 2 aliphatic rings. The van der Waals surface area contributed by atoms with Crippen LogP contribution in [-0.4, -0.2) is 50.6 Å². The number of rotatable bonds is 3. The lowest BCUT2D eigenvalue weighted by molar-refractivity contribution is -0.137. The van der Waals surface area contributed by atoms with Crippen molar-refractivity contribution in [3.63, 3.8) is 0 Å². The van der Waals surface area contributed by atoms with Gasteiger partial charge in [0.25, 0.3) is 0 Å². The van der Waals surface area contributed by atoms with Crippen LogP contribution in [0, 0.1) is 0 Å². The summed E-state index contributed by atoms with van der Waals surface area (Å²) in [6, 6.07) is 2.23. The maximum Gasteiger partial charge on any atom is 0.417 e. The first-order valence-electron chi connectivity index (χ1n) is 9.67. The third kappa shape index (κ3) is 4.07. The first-order valence-corrected chi connectivity index (χ1v) is 10.0. The zero-order valence-electron chi connectivity index (χ0n) is 16.1. The summed E-state index contributed by atoms with van der Waals surface area (Å²) >= 11 is 5.74. The van der Waals surface area contributed by atoms with Crippen LogP contribution in [0.2, 0.25) is 5.02 Å². The van der Waals surface area contributed by atoms with Crippen molar-refractivity contribution in [3.05, 3.63) is 50.7 Å². The van der Waals surface area contributed by atoms with Crippen molar-refractivity contribution >= 4 is 17.5 Å². The Balaban J connectivity index is 1.60. The molecular weight excluding hydrogens is 447 g/mol. The Labute approximate surface area is 178 Å². The van der Waals surface area contributed by atoms with Crippen molar-refractivity contribution in [2.45, 2.75) is 50.4 Å². The Kier molecular flexibility index (Phi) is 5.57. The fraction of sp³-hybridized carbons (Fsp3) is 0.526. The number of amides is 1. The zero-order valence-corrected chi connectivity index (χ0v) is 16.8. The highest BCUT2D eigenvalue weighted by Crippen LogP contribution is 2.35. The van der Waals surface area contributed by atoms with E-state index in [-0.39, 0.29) is 19.6 Å². The number of halogens is 6. The second-order valence-electron chi connectivity index (χ2n) is 7.72. The average Bonchev–Trinajstić information content (AvgIpc) is 3.19. The van der Waals surface area contributed by atoms with E-state index in [1.165, 1.54) is 10.6 Å². The van der Waals surface area contributed by atoms with Gasteiger partial charge in [-0.1, -0.05) is 17.7 Å². The van der Waals surface area contributed by atoms with Gasteiger partial charge in [-0.25, -0.2) is 18.3 Å². The minimum Gasteiger partial charge on any atom is -0.335 e. The van der Waals surface area contributed by atoms with Crippen molar-refractivity contribution in [1.29, 1.82) is 0 Å². The molecule has 31 heavy (non-hydrogen) atoms. The van der Waals surface area contributed by atoms with E-state index in [2.05, 4.69) is 5.10 Å². The number of hydrogen-bond acceptors (Lipinski definition) is 3. The van der Waals surface area contributed by atoms with Crippen LogP contribution in [0.1, 0.15) is 35.8 Å². The van der Waals surface area contributed by atoms with Crippen LogP contribution in [0.25, 0.3) is 0 Å². The lowest BCUT2D eigenvalue weighted by Gasteiger charge is -2.26. The molecule has 2 aliphatic heterocycles. The van der Waals surface area contributed by atoms with Gasteiger partial charge in [0.2, 0.25) is 5.91 Å². The van der Waals surface area contributed by atoms with Gasteiger partial charge in [0, 0.05) is 6.42 Å². The molecule has 1 aromatic carbocycles. The number of aryl methyl sites for hydroxylation is 1. The van der Waals surface area contributed by atoms with Gasteiger partial charge in [0.05, 0.1) is 30.2 Å². The number of nitrogens with zero attached hydrogens (tertiary/aromatic N) is 4. The summed E-state index contributed by atoms with van der Waals surface area (Å²) < 4.78 is 68.0. The molecule has 0 bridgehead atoms. The fourth-order valence-corrected chi connectivity index (χ4v) is 4.35. The SMILES string of the molecule is O=C([C@@H]1CCCc2nn(Cc3ccc(C(F)(F)F)c(Cl)c3)c(=O)n21)N1C[C@@H](F)[C@@H](F)C1. The zero-order chi connectivity index (χ0) is 22.5. The van der Waals surface area contributed by atoms with Crippen molar-refractivity contribution < 1.29 is 26.7 Å². The van der Waals surface area contributed by atoms with Crippen molar-refractivity contribution in [3.8, 4) is 0 Å². The molecule has 6 nitrogen and oxygen atoms in total. The van der Waals surface area contributed by atoms with E-state index in [9.17, 15) is 31.5 Å². The quantitative estimate of drug-likeness (QED) is 0.656. The Morgan fingerprint density at radius 2 is 1.87 bits per heavy atom. The van der Waals surface area contributed by atoms with Crippen molar-refractivity contribution in [2.24, 2.45) is 0 Å². The van der Waals surface area contributed by atoms with Crippen molar-refractivity contribution in [2.75, 3.05) is 13.1 Å². The van der Waals surface area contributed by atoms with E-state index in [0.717, 1.165) is 21.7 Å². The number of carbonyl (C=O) groups excluding carboxylic acids is 1. The molecular formula is C19H18ClF5N4O2. The summed E-state index contributed by atoms with van der Waals surface area (Å²) in [5.74, 6) is -0.191. The van der Waals surface area contributed by atoms with E-state index in [0.29, 0.717) is 30.7 Å². The average molecular weight is 465 g/mol. The van der Waals surface area contributed by atoms with E-state index >= 15 is 0 Å². The molecule has 3 atom stereocenters. The second kappa shape index (κ2) is 7.92. The van der Waals surface area contributed by atoms with E-state index < -0.39 is 46.7 Å². The van der Waals surface area contributed by atoms with Gasteiger partial charge in [0.1, 0.15) is 11.9 Å². The molecule has 1 saturated heterocycles. The Morgan fingerprint density at radius 1 is 1.19 bits per heavy atom. The highest BCUT2D eigenvalue weighted by Gasteiger charge is 2.40. The summed E-state index contributed by atoms with van der Waals surface area (Å²) in [5.41, 5.74) is -1.27. The predicted octanol–water partition coefficient (Wildman–Crippen LogP) is 3.16. The van der Waals surface area contributed by atoms with Crippen LogP contribution < -0.4 is 5.69 Å². The minimum atomic E-state index is -4.60. The molecule has 168 valence electrons. The maximum absolute atomic E-state index is 13.5. The third-order valence-corrected chi connectivity index (χ3v) is 5.89. The molecule has 0 N–H and O–H groups in total. The monoisotopic (exact) mass is 464 g/mol. The van der Waals surface area contributed by atoms with E-state index in [1.807, 2.05) is 0 Å². The Hall–Kier alpha value is -2.43. The largest absolute Gasteiger partial charge is 0.417 e. The molecule has 0 aliphatic carbocycles. The number of fused-ring (bicyclic) bond motifs is 1. The molecule has 3 heterocycles. The van der Waals surface area contributed by atoms with Crippen molar-refractivity contribution in [1.82, 2.24) is 19.2 Å². The van der Waals surface area contributed by atoms with Crippen LogP contribution in [0.15, 0.2) is 23.0 Å². The first-order chi connectivity index (χ1) is 14.6. The molecule has 2 aromatic rings. The lowest BCUT2D eigenvalue weighted by Crippen LogP contribution is -2.42. The molecule has 12 heteroatoms. The summed E-state index contributed by atoms with van der Waals surface area (Å²) in [6.45, 7) is -0.863. The van der Waals surface area contributed by atoms with Gasteiger partial charge in [-0.3, -0.25) is 9.36 Å². The smallest absolute Gasteiger partial charge is 0.335 e. The first kappa shape index (κ1) is 21.8. The molecule has 0 spiro atoms. The van der Waals surface area contributed by atoms with Gasteiger partial charge < -0.3 is 4.90 Å². The van der Waals surface area contributed by atoms with Crippen LogP contribution >= 0.6 is 11.6 Å².